The van der Waals surface area contributed by atoms with Crippen LogP contribution in [0.25, 0.3) is 89.8 Å². The molecule has 0 N–H and O–H groups in total. The van der Waals surface area contributed by atoms with Gasteiger partial charge in [0.05, 0.1) is 0 Å². The molecule has 9 rings (SSSR count). The Morgan fingerprint density at radius 2 is 0.783 bits per heavy atom. The van der Waals surface area contributed by atoms with Gasteiger partial charge in [-0.2, -0.15) is 0 Å². The van der Waals surface area contributed by atoms with Crippen molar-refractivity contribution in [3.63, 3.8) is 0 Å². The molecule has 0 aliphatic carbocycles. The lowest BCUT2D eigenvalue weighted by Crippen LogP contribution is -2.00. The molecule has 216 valence electrons. The summed E-state index contributed by atoms with van der Waals surface area (Å²) in [6, 6.07) is 48.4. The molecule has 0 saturated carbocycles. The Morgan fingerprint density at radius 1 is 0.326 bits per heavy atom. The fraction of sp³-hybridized carbons (Fsp3) is 0. The third-order valence-electron chi connectivity index (χ3n) is 8.17. The molecule has 0 radical (unpaired) electrons. The lowest BCUT2D eigenvalue weighted by Gasteiger charge is -2.08. The van der Waals surface area contributed by atoms with Gasteiger partial charge >= 0.3 is 0 Å². The van der Waals surface area contributed by atoms with Crippen molar-refractivity contribution in [2.24, 2.45) is 0 Å². The van der Waals surface area contributed by atoms with E-state index in [0.717, 1.165) is 66.4 Å². The summed E-state index contributed by atoms with van der Waals surface area (Å²) in [5.41, 5.74) is 8.99. The van der Waals surface area contributed by atoms with Crippen LogP contribution >= 0.6 is 0 Å². The SMILES string of the molecule is c1ccc(-c2nc(-c3ccccc3)nc(-c3ccc4oc5ccc(-c6ccc7oc(-c8ccccc8)nc7c6)cc5c4c3)n2)cc1. The van der Waals surface area contributed by atoms with Crippen LogP contribution in [0.15, 0.2) is 154 Å². The van der Waals surface area contributed by atoms with Gasteiger partial charge in [0, 0.05) is 33.0 Å². The molecule has 3 aromatic heterocycles. The Hall–Kier alpha value is -6.40. The van der Waals surface area contributed by atoms with Crippen molar-refractivity contribution in [3.8, 4) is 56.7 Å². The summed E-state index contributed by atoms with van der Waals surface area (Å²) in [5.74, 6) is 2.47. The maximum atomic E-state index is 6.26. The van der Waals surface area contributed by atoms with Crippen molar-refractivity contribution < 1.29 is 8.83 Å². The second kappa shape index (κ2) is 10.6. The van der Waals surface area contributed by atoms with Gasteiger partial charge in [0.1, 0.15) is 16.7 Å². The molecule has 0 fully saturated rings. The van der Waals surface area contributed by atoms with Crippen molar-refractivity contribution in [2.75, 3.05) is 0 Å². The zero-order valence-corrected chi connectivity index (χ0v) is 24.5. The number of furan rings is 1. The summed E-state index contributed by atoms with van der Waals surface area (Å²) >= 11 is 0. The molecule has 6 aromatic carbocycles. The Labute approximate surface area is 263 Å². The molecule has 3 heterocycles. The van der Waals surface area contributed by atoms with Crippen molar-refractivity contribution in [1.29, 1.82) is 0 Å². The molecule has 0 atom stereocenters. The first kappa shape index (κ1) is 26.0. The van der Waals surface area contributed by atoms with Gasteiger partial charge in [0.2, 0.25) is 5.89 Å². The zero-order chi connectivity index (χ0) is 30.5. The molecule has 46 heavy (non-hydrogen) atoms. The van der Waals surface area contributed by atoms with Gasteiger partial charge in [-0.25, -0.2) is 19.9 Å². The number of rotatable bonds is 5. The fourth-order valence-corrected chi connectivity index (χ4v) is 5.84. The maximum Gasteiger partial charge on any atom is 0.227 e. The molecule has 0 unspecified atom stereocenters. The van der Waals surface area contributed by atoms with E-state index in [1.165, 1.54) is 0 Å². The van der Waals surface area contributed by atoms with E-state index >= 15 is 0 Å². The average molecular weight is 593 g/mol. The third-order valence-corrected chi connectivity index (χ3v) is 8.17. The van der Waals surface area contributed by atoms with Gasteiger partial charge in [-0.3, -0.25) is 0 Å². The van der Waals surface area contributed by atoms with E-state index in [1.807, 2.05) is 115 Å². The topological polar surface area (TPSA) is 77.8 Å². The highest BCUT2D eigenvalue weighted by molar-refractivity contribution is 6.07. The predicted molar refractivity (Wildman–Crippen MR) is 182 cm³/mol. The maximum absolute atomic E-state index is 6.26. The Bertz CT molecular complexity index is 2460. The highest BCUT2D eigenvalue weighted by Crippen LogP contribution is 2.36. The van der Waals surface area contributed by atoms with E-state index in [-0.39, 0.29) is 0 Å². The number of hydrogen-bond acceptors (Lipinski definition) is 6. The molecule has 0 saturated heterocycles. The van der Waals surface area contributed by atoms with Crippen LogP contribution in [-0.4, -0.2) is 19.9 Å². The monoisotopic (exact) mass is 592 g/mol. The number of oxazole rings is 1. The fourth-order valence-electron chi connectivity index (χ4n) is 5.84. The first-order chi connectivity index (χ1) is 22.7. The standard InChI is InChI=1S/C40H24N4O2/c1-4-10-25(11-5-1)37-42-38(26-12-6-2-7-13-26)44-39(43-37)30-18-20-35-32(23-30)31-22-28(16-19-34(31)45-35)29-17-21-36-33(24-29)41-40(46-36)27-14-8-3-9-15-27/h1-24H. The van der Waals surface area contributed by atoms with Crippen molar-refractivity contribution in [1.82, 2.24) is 19.9 Å². The normalized spacial score (nSPS) is 11.5. The smallest absolute Gasteiger partial charge is 0.227 e. The Balaban J connectivity index is 1.15. The minimum Gasteiger partial charge on any atom is -0.456 e. The molecular weight excluding hydrogens is 568 g/mol. The first-order valence-corrected chi connectivity index (χ1v) is 15.1. The predicted octanol–water partition coefficient (Wildman–Crippen LogP) is 10.2. The van der Waals surface area contributed by atoms with Gasteiger partial charge in [-0.05, 0) is 65.7 Å². The van der Waals surface area contributed by atoms with E-state index in [4.69, 9.17) is 28.8 Å². The molecular formula is C40H24N4O2. The highest BCUT2D eigenvalue weighted by Gasteiger charge is 2.16. The quantitative estimate of drug-likeness (QED) is 0.198. The number of aromatic nitrogens is 4. The second-order valence-electron chi connectivity index (χ2n) is 11.1. The van der Waals surface area contributed by atoms with Gasteiger partial charge in [-0.1, -0.05) is 91.0 Å². The van der Waals surface area contributed by atoms with Gasteiger partial charge in [0.15, 0.2) is 23.1 Å². The lowest BCUT2D eigenvalue weighted by atomic mass is 10.0. The van der Waals surface area contributed by atoms with E-state index in [1.54, 1.807) is 0 Å². The minimum absolute atomic E-state index is 0.603. The van der Waals surface area contributed by atoms with Crippen LogP contribution in [0, 0.1) is 0 Å². The summed E-state index contributed by atoms with van der Waals surface area (Å²) < 4.78 is 12.3. The van der Waals surface area contributed by atoms with Crippen molar-refractivity contribution >= 4 is 33.0 Å². The van der Waals surface area contributed by atoms with E-state index < -0.39 is 0 Å². The molecule has 0 aliphatic heterocycles. The van der Waals surface area contributed by atoms with Crippen LogP contribution in [-0.2, 0) is 0 Å². The van der Waals surface area contributed by atoms with Crippen LogP contribution in [0.1, 0.15) is 0 Å². The lowest BCUT2D eigenvalue weighted by molar-refractivity contribution is 0.620. The Morgan fingerprint density at radius 3 is 1.37 bits per heavy atom. The largest absolute Gasteiger partial charge is 0.456 e. The molecule has 6 nitrogen and oxygen atoms in total. The van der Waals surface area contributed by atoms with E-state index in [9.17, 15) is 0 Å². The molecule has 9 aromatic rings. The van der Waals surface area contributed by atoms with E-state index in [2.05, 4.69) is 30.3 Å². The van der Waals surface area contributed by atoms with Crippen LogP contribution in [0.3, 0.4) is 0 Å². The van der Waals surface area contributed by atoms with Crippen LogP contribution in [0.5, 0.6) is 0 Å². The van der Waals surface area contributed by atoms with E-state index in [0.29, 0.717) is 23.4 Å². The van der Waals surface area contributed by atoms with Gasteiger partial charge < -0.3 is 8.83 Å². The Kier molecular flexibility index (Phi) is 6.03. The molecule has 0 bridgehead atoms. The summed E-state index contributed by atoms with van der Waals surface area (Å²) in [5, 5.41) is 2.01. The minimum atomic E-state index is 0.603. The molecule has 0 spiro atoms. The molecule has 0 amide bonds. The summed E-state index contributed by atoms with van der Waals surface area (Å²) in [4.78, 5) is 19.4. The zero-order valence-electron chi connectivity index (χ0n) is 24.5. The van der Waals surface area contributed by atoms with Crippen molar-refractivity contribution in [3.05, 3.63) is 146 Å². The number of fused-ring (bicyclic) bond motifs is 4. The molecule has 6 heteroatoms. The molecule has 0 aliphatic rings. The summed E-state index contributed by atoms with van der Waals surface area (Å²) in [6.45, 7) is 0. The average Bonchev–Trinajstić information content (AvgIpc) is 3.73. The number of nitrogens with zero attached hydrogens (tertiary/aromatic N) is 4. The van der Waals surface area contributed by atoms with Crippen LogP contribution in [0.2, 0.25) is 0 Å². The highest BCUT2D eigenvalue weighted by atomic mass is 16.3. The van der Waals surface area contributed by atoms with Crippen LogP contribution < -0.4 is 0 Å². The number of benzene rings is 6. The van der Waals surface area contributed by atoms with Gasteiger partial charge in [-0.15, -0.1) is 0 Å². The van der Waals surface area contributed by atoms with Crippen LogP contribution in [0.4, 0.5) is 0 Å². The van der Waals surface area contributed by atoms with Gasteiger partial charge in [0.25, 0.3) is 0 Å². The summed E-state index contributed by atoms with van der Waals surface area (Å²) in [7, 11) is 0. The van der Waals surface area contributed by atoms with Crippen molar-refractivity contribution in [2.45, 2.75) is 0 Å². The third kappa shape index (κ3) is 4.60. The first-order valence-electron chi connectivity index (χ1n) is 15.1. The summed E-state index contributed by atoms with van der Waals surface area (Å²) in [6.07, 6.45) is 0. The second-order valence-corrected chi connectivity index (χ2v) is 11.1. The number of hydrogen-bond donors (Lipinski definition) is 0.